The van der Waals surface area contributed by atoms with Crippen LogP contribution in [0.15, 0.2) is 67.2 Å². The molecule has 3 rings (SSSR count). The normalized spacial score (nSPS) is 13.5. The molecule has 0 aromatic heterocycles. The second-order valence-electron chi connectivity index (χ2n) is 4.07. The molecule has 0 saturated carbocycles. The first-order valence-electron chi connectivity index (χ1n) is 5.73. The second-order valence-corrected chi connectivity index (χ2v) is 6.23. The third kappa shape index (κ3) is 2.28. The third-order valence-electron chi connectivity index (χ3n) is 2.81. The summed E-state index contributed by atoms with van der Waals surface area (Å²) in [6, 6.07) is 13.3. The number of hydrogen-bond acceptors (Lipinski definition) is 5. The van der Waals surface area contributed by atoms with Gasteiger partial charge in [0.05, 0.1) is 0 Å². The van der Waals surface area contributed by atoms with Gasteiger partial charge in [-0.25, -0.2) is 4.79 Å². The van der Waals surface area contributed by atoms with E-state index in [0.717, 1.165) is 14.7 Å². The van der Waals surface area contributed by atoms with E-state index >= 15 is 0 Å². The molecule has 0 unspecified atom stereocenters. The number of hydrogen-bond donors (Lipinski definition) is 2. The molecule has 0 spiro atoms. The van der Waals surface area contributed by atoms with Crippen LogP contribution in [0, 0.1) is 0 Å². The summed E-state index contributed by atoms with van der Waals surface area (Å²) in [6.07, 6.45) is 0. The maximum absolute atomic E-state index is 11.0. The molecule has 2 aromatic carbocycles. The summed E-state index contributed by atoms with van der Waals surface area (Å²) in [7, 11) is 0. The van der Waals surface area contributed by atoms with Gasteiger partial charge in [0.15, 0.2) is 5.71 Å². The zero-order valence-corrected chi connectivity index (χ0v) is 11.7. The molecule has 0 fully saturated rings. The lowest BCUT2D eigenvalue weighted by Gasteiger charge is -2.18. The van der Waals surface area contributed by atoms with Crippen molar-refractivity contribution in [1.29, 1.82) is 0 Å². The first kappa shape index (κ1) is 13.1. The molecule has 0 bridgehead atoms. The first-order valence-corrected chi connectivity index (χ1v) is 7.37. The average Bonchev–Trinajstić information content (AvgIpc) is 2.45. The molecule has 2 aromatic rings. The Balaban J connectivity index is 2.02. The van der Waals surface area contributed by atoms with Gasteiger partial charge in [-0.1, -0.05) is 46.9 Å². The highest BCUT2D eigenvalue weighted by molar-refractivity contribution is 8.05. The highest BCUT2D eigenvalue weighted by Gasteiger charge is 2.20. The van der Waals surface area contributed by atoms with Crippen LogP contribution < -0.4 is 0 Å². The Labute approximate surface area is 123 Å². The minimum absolute atomic E-state index is 0.350. The average molecular weight is 303 g/mol. The van der Waals surface area contributed by atoms with Crippen molar-refractivity contribution in [2.45, 2.75) is 19.6 Å². The smallest absolute Gasteiger partial charge is 0.358 e. The van der Waals surface area contributed by atoms with Crippen molar-refractivity contribution in [3.63, 3.8) is 0 Å². The predicted molar refractivity (Wildman–Crippen MR) is 77.1 cm³/mol. The van der Waals surface area contributed by atoms with E-state index in [4.69, 9.17) is 10.3 Å². The summed E-state index contributed by atoms with van der Waals surface area (Å²) in [5.41, 5.74) is 0.0449. The van der Waals surface area contributed by atoms with Crippen molar-refractivity contribution in [3.8, 4) is 0 Å². The van der Waals surface area contributed by atoms with Crippen LogP contribution in [0.4, 0.5) is 0 Å². The highest BCUT2D eigenvalue weighted by atomic mass is 32.2. The molecule has 1 aliphatic rings. The summed E-state index contributed by atoms with van der Waals surface area (Å²) < 4.78 is 0. The van der Waals surface area contributed by atoms with E-state index in [1.807, 2.05) is 24.3 Å². The Kier molecular flexibility index (Phi) is 3.42. The molecule has 20 heavy (non-hydrogen) atoms. The van der Waals surface area contributed by atoms with Crippen molar-refractivity contribution in [2.24, 2.45) is 5.16 Å². The minimum atomic E-state index is -1.25. The number of oxime groups is 1. The van der Waals surface area contributed by atoms with Gasteiger partial charge in [0, 0.05) is 25.1 Å². The molecule has 0 saturated heterocycles. The van der Waals surface area contributed by atoms with Gasteiger partial charge < -0.3 is 10.3 Å². The van der Waals surface area contributed by atoms with Crippen molar-refractivity contribution < 1.29 is 15.1 Å². The Hall–Kier alpha value is -1.92. The van der Waals surface area contributed by atoms with Gasteiger partial charge in [0.25, 0.3) is 0 Å². The van der Waals surface area contributed by atoms with E-state index in [9.17, 15) is 4.79 Å². The maximum Gasteiger partial charge on any atom is 0.358 e. The fourth-order valence-corrected chi connectivity index (χ4v) is 4.15. The fraction of sp³-hybridized carbons (Fsp3) is 0. The lowest BCUT2D eigenvalue weighted by molar-refractivity contribution is -0.129. The van der Waals surface area contributed by atoms with Crippen LogP contribution in [0.25, 0.3) is 0 Å². The van der Waals surface area contributed by atoms with Crippen molar-refractivity contribution in [1.82, 2.24) is 0 Å². The molecule has 6 heteroatoms. The topological polar surface area (TPSA) is 69.9 Å². The Bertz CT molecular complexity index is 728. The van der Waals surface area contributed by atoms with Gasteiger partial charge in [-0.15, -0.1) is 0 Å². The number of aliphatic carboxylic acids is 1. The summed E-state index contributed by atoms with van der Waals surface area (Å²) in [4.78, 5) is 15.4. The zero-order chi connectivity index (χ0) is 14.1. The third-order valence-corrected chi connectivity index (χ3v) is 5.35. The van der Waals surface area contributed by atoms with Crippen LogP contribution in [0.2, 0.25) is 0 Å². The highest BCUT2D eigenvalue weighted by Crippen LogP contribution is 2.48. The van der Waals surface area contributed by atoms with E-state index in [1.54, 1.807) is 35.7 Å². The summed E-state index contributed by atoms with van der Waals surface area (Å²) in [6.45, 7) is 0. The van der Waals surface area contributed by atoms with Gasteiger partial charge in [-0.2, -0.15) is 0 Å². The zero-order valence-electron chi connectivity index (χ0n) is 10.1. The van der Waals surface area contributed by atoms with E-state index in [-0.39, 0.29) is 5.71 Å². The standard InChI is InChI=1S/C14H9NO3S2/c16-14(17)13(15-18)8-5-6-11-12(7-8)20-10-4-2-1-3-9(10)19-11/h1-7,18H,(H,16,17). The lowest BCUT2D eigenvalue weighted by atomic mass is 10.1. The SMILES string of the molecule is O=C(O)C(=NO)c1ccc2c(c1)Sc1ccccc1S2. The predicted octanol–water partition coefficient (Wildman–Crippen LogP) is 3.57. The molecule has 100 valence electrons. The Morgan fingerprint density at radius 1 is 0.950 bits per heavy atom. The molecule has 2 N–H and O–H groups in total. The molecule has 1 aliphatic heterocycles. The first-order chi connectivity index (χ1) is 9.69. The van der Waals surface area contributed by atoms with Gasteiger partial charge in [-0.05, 0) is 24.3 Å². The van der Waals surface area contributed by atoms with Gasteiger partial charge in [0.2, 0.25) is 0 Å². The number of carboxylic acids is 1. The van der Waals surface area contributed by atoms with E-state index in [1.165, 1.54) is 4.90 Å². The van der Waals surface area contributed by atoms with Gasteiger partial charge in [-0.3, -0.25) is 0 Å². The van der Waals surface area contributed by atoms with E-state index in [2.05, 4.69) is 11.2 Å². The lowest BCUT2D eigenvalue weighted by Crippen LogP contribution is -2.14. The molecular formula is C14H9NO3S2. The van der Waals surface area contributed by atoms with Crippen LogP contribution in [0.1, 0.15) is 5.56 Å². The monoisotopic (exact) mass is 303 g/mol. The minimum Gasteiger partial charge on any atom is -0.476 e. The van der Waals surface area contributed by atoms with Crippen molar-refractivity contribution in [3.05, 3.63) is 48.0 Å². The van der Waals surface area contributed by atoms with Crippen LogP contribution >= 0.6 is 23.5 Å². The second kappa shape index (κ2) is 5.22. The van der Waals surface area contributed by atoms with Gasteiger partial charge in [0.1, 0.15) is 0 Å². The molecular weight excluding hydrogens is 294 g/mol. The maximum atomic E-state index is 11.0. The largest absolute Gasteiger partial charge is 0.476 e. The van der Waals surface area contributed by atoms with Crippen LogP contribution in [-0.4, -0.2) is 22.0 Å². The quantitative estimate of drug-likeness (QED) is 0.430. The number of carboxylic acid groups (broad SMARTS) is 1. The molecule has 4 nitrogen and oxygen atoms in total. The summed E-state index contributed by atoms with van der Waals surface area (Å²) in [5.74, 6) is -1.25. The summed E-state index contributed by atoms with van der Waals surface area (Å²) >= 11 is 3.23. The van der Waals surface area contributed by atoms with Crippen LogP contribution in [-0.2, 0) is 4.79 Å². The molecule has 0 aliphatic carbocycles. The summed E-state index contributed by atoms with van der Waals surface area (Å²) in [5, 5.41) is 20.6. The number of rotatable bonds is 2. The molecule has 1 heterocycles. The number of carbonyl (C=O) groups is 1. The number of benzene rings is 2. The fourth-order valence-electron chi connectivity index (χ4n) is 1.90. The number of nitrogens with zero attached hydrogens (tertiary/aromatic N) is 1. The van der Waals surface area contributed by atoms with E-state index < -0.39 is 5.97 Å². The number of fused-ring (bicyclic) bond motifs is 2. The Morgan fingerprint density at radius 3 is 2.15 bits per heavy atom. The van der Waals surface area contributed by atoms with Crippen LogP contribution in [0.5, 0.6) is 0 Å². The van der Waals surface area contributed by atoms with Crippen LogP contribution in [0.3, 0.4) is 0 Å². The molecule has 0 amide bonds. The van der Waals surface area contributed by atoms with Gasteiger partial charge >= 0.3 is 5.97 Å². The van der Waals surface area contributed by atoms with E-state index in [0.29, 0.717) is 5.56 Å². The molecule has 0 atom stereocenters. The Morgan fingerprint density at radius 2 is 1.55 bits per heavy atom. The van der Waals surface area contributed by atoms with Crippen molar-refractivity contribution in [2.75, 3.05) is 0 Å². The van der Waals surface area contributed by atoms with Crippen molar-refractivity contribution >= 4 is 35.2 Å². The molecule has 0 radical (unpaired) electrons.